The maximum absolute atomic E-state index is 14.9. The third-order valence-corrected chi connectivity index (χ3v) is 10.1. The van der Waals surface area contributed by atoms with Gasteiger partial charge in [0.15, 0.2) is 23.1 Å². The summed E-state index contributed by atoms with van der Waals surface area (Å²) in [7, 11) is 0. The molecular formula is C50H47N5O6. The summed E-state index contributed by atoms with van der Waals surface area (Å²) >= 11 is 0. The van der Waals surface area contributed by atoms with E-state index in [2.05, 4.69) is 15.3 Å². The van der Waals surface area contributed by atoms with Crippen molar-refractivity contribution in [1.82, 2.24) is 5.32 Å². The minimum atomic E-state index is -1.50. The monoisotopic (exact) mass is 813 g/mol. The second-order valence-corrected chi connectivity index (χ2v) is 14.4. The molecule has 1 amide bonds. The topological polar surface area (TPSA) is 147 Å². The smallest absolute Gasteiger partial charge is 0.252 e. The number of benzene rings is 6. The van der Waals surface area contributed by atoms with Crippen LogP contribution < -0.4 is 19.5 Å². The predicted molar refractivity (Wildman–Crippen MR) is 237 cm³/mol. The van der Waals surface area contributed by atoms with E-state index in [9.17, 15) is 15.4 Å². The summed E-state index contributed by atoms with van der Waals surface area (Å²) in [5.41, 5.74) is 13.5. The molecular weight excluding hydrogens is 767 g/mol. The van der Waals surface area contributed by atoms with Gasteiger partial charge in [-0.2, -0.15) is 0 Å². The van der Waals surface area contributed by atoms with E-state index in [4.69, 9.17) is 23.9 Å². The molecule has 0 spiro atoms. The highest BCUT2D eigenvalue weighted by molar-refractivity contribution is 6.01. The fourth-order valence-electron chi connectivity index (χ4n) is 6.96. The van der Waals surface area contributed by atoms with E-state index in [1.165, 1.54) is 0 Å². The van der Waals surface area contributed by atoms with Crippen molar-refractivity contribution in [2.24, 2.45) is 10.1 Å². The summed E-state index contributed by atoms with van der Waals surface area (Å²) in [4.78, 5) is 23.1. The average Bonchev–Trinajstić information content (AvgIpc) is 3.70. The Morgan fingerprint density at radius 1 is 0.787 bits per heavy atom. The van der Waals surface area contributed by atoms with Crippen LogP contribution in [-0.2, 0) is 29.2 Å². The van der Waals surface area contributed by atoms with Crippen molar-refractivity contribution in [3.63, 3.8) is 0 Å². The van der Waals surface area contributed by atoms with E-state index in [-0.39, 0.29) is 31.4 Å². The highest BCUT2D eigenvalue weighted by Crippen LogP contribution is 2.46. The molecule has 0 radical (unpaired) electrons. The van der Waals surface area contributed by atoms with Crippen LogP contribution in [0.15, 0.2) is 174 Å². The van der Waals surface area contributed by atoms with E-state index in [1.54, 1.807) is 30.3 Å². The van der Waals surface area contributed by atoms with E-state index in [0.29, 0.717) is 66.7 Å². The number of azide groups is 1. The van der Waals surface area contributed by atoms with Crippen LogP contribution in [0.3, 0.4) is 0 Å². The van der Waals surface area contributed by atoms with Crippen molar-refractivity contribution < 1.29 is 28.8 Å². The predicted octanol–water partition coefficient (Wildman–Crippen LogP) is 10.3. The Hall–Kier alpha value is -7.33. The third-order valence-electron chi connectivity index (χ3n) is 10.1. The lowest BCUT2D eigenvalue weighted by Gasteiger charge is -2.30. The van der Waals surface area contributed by atoms with E-state index < -0.39 is 11.6 Å². The number of hydrogen-bond acceptors (Lipinski definition) is 8. The molecule has 2 atom stereocenters. The highest BCUT2D eigenvalue weighted by atomic mass is 16.5. The SMILES string of the molecule is [N-]=[N+]=Nc1ccccc1[C@H]1OC(c2ccc(OCCCO)cc2)=N[C@@]1(C/C=C/c1ccccc1)C(=O)NCCc1ccc(OCc2ccccc2)c(OCc2ccccc2)c1. The lowest BCUT2D eigenvalue weighted by molar-refractivity contribution is -0.128. The molecule has 0 saturated carbocycles. The summed E-state index contributed by atoms with van der Waals surface area (Å²) in [5, 5.41) is 16.3. The maximum atomic E-state index is 14.9. The van der Waals surface area contributed by atoms with Crippen LogP contribution >= 0.6 is 0 Å². The van der Waals surface area contributed by atoms with Crippen molar-refractivity contribution in [3.05, 3.63) is 208 Å². The number of nitrogens with zero attached hydrogens (tertiary/aromatic N) is 4. The van der Waals surface area contributed by atoms with Gasteiger partial charge in [-0.25, -0.2) is 4.99 Å². The average molecular weight is 814 g/mol. The molecule has 2 N–H and O–H groups in total. The number of nitrogens with one attached hydrogen (secondary N) is 1. The van der Waals surface area contributed by atoms with Crippen LogP contribution in [0.2, 0.25) is 0 Å². The zero-order valence-corrected chi connectivity index (χ0v) is 33.7. The first-order valence-electron chi connectivity index (χ1n) is 20.3. The first-order chi connectivity index (χ1) is 30.0. The third kappa shape index (κ3) is 11.0. The van der Waals surface area contributed by atoms with Crippen LogP contribution in [0.4, 0.5) is 5.69 Å². The number of amides is 1. The summed E-state index contributed by atoms with van der Waals surface area (Å²) in [5.74, 6) is 1.75. The molecule has 308 valence electrons. The van der Waals surface area contributed by atoms with Crippen LogP contribution in [0, 0.1) is 0 Å². The Balaban J connectivity index is 1.18. The van der Waals surface area contributed by atoms with Gasteiger partial charge in [0.05, 0.1) is 6.61 Å². The maximum Gasteiger partial charge on any atom is 0.252 e. The summed E-state index contributed by atoms with van der Waals surface area (Å²) in [6.07, 6.45) is 4.09. The summed E-state index contributed by atoms with van der Waals surface area (Å²) in [6, 6.07) is 49.9. The first kappa shape index (κ1) is 41.8. The molecule has 0 unspecified atom stereocenters. The Kier molecular flexibility index (Phi) is 14.5. The quantitative estimate of drug-likeness (QED) is 0.0339. The van der Waals surface area contributed by atoms with Gasteiger partial charge in [-0.1, -0.05) is 139 Å². The molecule has 7 rings (SSSR count). The minimum absolute atomic E-state index is 0.0327. The summed E-state index contributed by atoms with van der Waals surface area (Å²) < 4.78 is 25.0. The van der Waals surface area contributed by atoms with Gasteiger partial charge in [0, 0.05) is 47.7 Å². The second-order valence-electron chi connectivity index (χ2n) is 14.4. The van der Waals surface area contributed by atoms with E-state index >= 15 is 0 Å². The molecule has 0 saturated heterocycles. The lowest BCUT2D eigenvalue weighted by Crippen LogP contribution is -2.48. The standard InChI is InChI=1S/C50H47N5O6/c51-55-54-44-22-11-10-21-43(44)47-50(30-12-20-37-14-4-1-5-15-37,53-48(61-47)41-24-26-42(27-25-41)58-33-13-32-56)49(57)52-31-29-38-23-28-45(59-35-39-16-6-2-7-17-39)46(34-38)60-36-40-18-8-3-9-19-40/h1-12,14-28,34,47,56H,13,29-33,35-36H2,(H,52,57)/b20-12+/t47-,50-/m1/s1. The molecule has 11 nitrogen and oxygen atoms in total. The van der Waals surface area contributed by atoms with E-state index in [0.717, 1.165) is 22.3 Å². The largest absolute Gasteiger partial charge is 0.494 e. The number of aliphatic hydroxyl groups excluding tert-OH is 1. The van der Waals surface area contributed by atoms with Gasteiger partial charge >= 0.3 is 0 Å². The van der Waals surface area contributed by atoms with Crippen molar-refractivity contribution >= 4 is 23.6 Å². The zero-order chi connectivity index (χ0) is 42.1. The van der Waals surface area contributed by atoms with Gasteiger partial charge in [-0.15, -0.1) is 0 Å². The molecule has 0 aromatic heterocycles. The molecule has 61 heavy (non-hydrogen) atoms. The molecule has 0 bridgehead atoms. The van der Waals surface area contributed by atoms with Gasteiger partial charge < -0.3 is 29.4 Å². The van der Waals surface area contributed by atoms with Crippen LogP contribution in [0.1, 0.15) is 52.3 Å². The Morgan fingerprint density at radius 2 is 1.44 bits per heavy atom. The van der Waals surface area contributed by atoms with Gasteiger partial charge in [-0.05, 0) is 70.6 Å². The summed E-state index contributed by atoms with van der Waals surface area (Å²) in [6.45, 7) is 1.43. The van der Waals surface area contributed by atoms with Crippen molar-refractivity contribution in [1.29, 1.82) is 0 Å². The molecule has 1 aliphatic heterocycles. The molecule has 11 heteroatoms. The molecule has 1 aliphatic rings. The Morgan fingerprint density at radius 3 is 2.13 bits per heavy atom. The van der Waals surface area contributed by atoms with Gasteiger partial charge in [0.25, 0.3) is 5.91 Å². The molecule has 6 aromatic rings. The Labute approximate surface area is 355 Å². The Bertz CT molecular complexity index is 2460. The minimum Gasteiger partial charge on any atom is -0.494 e. The van der Waals surface area contributed by atoms with Crippen molar-refractivity contribution in [3.8, 4) is 17.2 Å². The number of carbonyl (C=O) groups excluding carboxylic acids is 1. The molecule has 0 aliphatic carbocycles. The molecule has 6 aromatic carbocycles. The number of rotatable bonds is 20. The first-order valence-corrected chi connectivity index (χ1v) is 20.3. The van der Waals surface area contributed by atoms with E-state index in [1.807, 2.05) is 140 Å². The van der Waals surface area contributed by atoms with Gasteiger partial charge in [0.2, 0.25) is 5.90 Å². The van der Waals surface area contributed by atoms with Gasteiger partial charge in [0.1, 0.15) is 19.0 Å². The van der Waals surface area contributed by atoms with Gasteiger partial charge in [-0.3, -0.25) is 4.79 Å². The number of carbonyl (C=O) groups is 1. The molecule has 0 fully saturated rings. The fourth-order valence-corrected chi connectivity index (χ4v) is 6.96. The fraction of sp³-hybridized carbons (Fsp3) is 0.200. The number of aliphatic hydroxyl groups is 1. The van der Waals surface area contributed by atoms with Crippen LogP contribution in [0.5, 0.6) is 17.2 Å². The molecule has 1 heterocycles. The van der Waals surface area contributed by atoms with Crippen molar-refractivity contribution in [2.75, 3.05) is 19.8 Å². The zero-order valence-electron chi connectivity index (χ0n) is 33.7. The normalized spacial score (nSPS) is 15.6. The highest BCUT2D eigenvalue weighted by Gasteiger charge is 2.53. The van der Waals surface area contributed by atoms with Crippen LogP contribution in [-0.4, -0.2) is 42.2 Å². The number of ether oxygens (including phenoxy) is 4. The second kappa shape index (κ2) is 21.1. The number of hydrogen-bond donors (Lipinski definition) is 2. The van der Waals surface area contributed by atoms with Crippen LogP contribution in [0.25, 0.3) is 16.5 Å². The number of aliphatic imine (C=N–C) groups is 1. The van der Waals surface area contributed by atoms with Crippen molar-refractivity contribution in [2.45, 2.75) is 44.1 Å². The lowest BCUT2D eigenvalue weighted by atomic mass is 9.83.